The molecule has 0 aliphatic heterocycles. The topological polar surface area (TPSA) is 67.6 Å². The van der Waals surface area contributed by atoms with Crippen molar-refractivity contribution in [2.45, 2.75) is 6.54 Å². The number of thiazole rings is 1. The Labute approximate surface area is 147 Å². The van der Waals surface area contributed by atoms with Crippen LogP contribution in [0.3, 0.4) is 0 Å². The van der Waals surface area contributed by atoms with Crippen molar-refractivity contribution >= 4 is 33.1 Å². The molecule has 25 heavy (non-hydrogen) atoms. The fourth-order valence-corrected chi connectivity index (χ4v) is 3.66. The van der Waals surface area contributed by atoms with Gasteiger partial charge in [0.25, 0.3) is 11.5 Å². The second-order valence-electron chi connectivity index (χ2n) is 5.64. The van der Waals surface area contributed by atoms with Gasteiger partial charge in [-0.05, 0) is 24.3 Å². The van der Waals surface area contributed by atoms with Crippen molar-refractivity contribution in [3.63, 3.8) is 0 Å². The molecule has 3 heterocycles. The first-order chi connectivity index (χ1) is 12.1. The van der Waals surface area contributed by atoms with E-state index in [1.54, 1.807) is 42.8 Å². The van der Waals surface area contributed by atoms with Gasteiger partial charge in [0.1, 0.15) is 16.2 Å². The summed E-state index contributed by atoms with van der Waals surface area (Å²) in [5.74, 6) is -0.366. The van der Waals surface area contributed by atoms with Gasteiger partial charge in [0.2, 0.25) is 0 Å². The molecule has 0 bridgehead atoms. The molecule has 0 fully saturated rings. The summed E-state index contributed by atoms with van der Waals surface area (Å²) in [7, 11) is 1.66. The van der Waals surface area contributed by atoms with Crippen molar-refractivity contribution in [3.8, 4) is 0 Å². The van der Waals surface area contributed by atoms with Crippen LogP contribution in [0.2, 0.25) is 0 Å². The van der Waals surface area contributed by atoms with Crippen molar-refractivity contribution < 1.29 is 4.79 Å². The standard InChI is InChI=1S/C18H14N4O2S/c1-21(11-16-20-13-6-2-3-7-14(13)25-16)17(23)12-10-19-15-8-4-5-9-22(15)18(12)24/h2-10H,11H2,1H3. The quantitative estimate of drug-likeness (QED) is 0.569. The zero-order valence-electron chi connectivity index (χ0n) is 13.4. The van der Waals surface area contributed by atoms with Gasteiger partial charge < -0.3 is 4.90 Å². The molecule has 3 aromatic heterocycles. The van der Waals surface area contributed by atoms with Crippen LogP contribution in [-0.2, 0) is 6.54 Å². The van der Waals surface area contributed by atoms with E-state index in [-0.39, 0.29) is 17.0 Å². The summed E-state index contributed by atoms with van der Waals surface area (Å²) in [5, 5.41) is 0.825. The molecule has 7 heteroatoms. The second-order valence-corrected chi connectivity index (χ2v) is 6.76. The summed E-state index contributed by atoms with van der Waals surface area (Å²) >= 11 is 1.54. The van der Waals surface area contributed by atoms with Crippen LogP contribution in [0.15, 0.2) is 59.7 Å². The number of benzene rings is 1. The number of carbonyl (C=O) groups is 1. The maximum atomic E-state index is 12.7. The molecular weight excluding hydrogens is 336 g/mol. The Hall–Kier alpha value is -3.06. The lowest BCUT2D eigenvalue weighted by Crippen LogP contribution is -2.32. The summed E-state index contributed by atoms with van der Waals surface area (Å²) < 4.78 is 2.45. The number of amides is 1. The summed E-state index contributed by atoms with van der Waals surface area (Å²) in [6.45, 7) is 0.342. The Balaban J connectivity index is 1.64. The SMILES string of the molecule is CN(Cc1nc2ccccc2s1)C(=O)c1cnc2ccccn2c1=O. The number of pyridine rings is 1. The first-order valence-corrected chi connectivity index (χ1v) is 8.51. The molecule has 1 amide bonds. The van der Waals surface area contributed by atoms with Crippen molar-refractivity contribution in [2.24, 2.45) is 0 Å². The minimum atomic E-state index is -0.369. The Morgan fingerprint density at radius 3 is 2.84 bits per heavy atom. The highest BCUT2D eigenvalue weighted by molar-refractivity contribution is 7.18. The van der Waals surface area contributed by atoms with Crippen molar-refractivity contribution in [3.05, 3.63) is 75.8 Å². The van der Waals surface area contributed by atoms with Crippen LogP contribution in [0.5, 0.6) is 0 Å². The van der Waals surface area contributed by atoms with Gasteiger partial charge in [-0.25, -0.2) is 9.97 Å². The maximum absolute atomic E-state index is 12.7. The minimum Gasteiger partial charge on any atom is -0.335 e. The number of carbonyl (C=O) groups excluding carboxylic acids is 1. The first-order valence-electron chi connectivity index (χ1n) is 7.70. The van der Waals surface area contributed by atoms with Crippen LogP contribution < -0.4 is 5.56 Å². The van der Waals surface area contributed by atoms with Crippen LogP contribution in [-0.4, -0.2) is 32.2 Å². The predicted molar refractivity (Wildman–Crippen MR) is 96.9 cm³/mol. The zero-order chi connectivity index (χ0) is 17.4. The molecule has 0 unspecified atom stereocenters. The van der Waals surface area contributed by atoms with Gasteiger partial charge in [-0.1, -0.05) is 18.2 Å². The van der Waals surface area contributed by atoms with Crippen LogP contribution in [0.4, 0.5) is 0 Å². The van der Waals surface area contributed by atoms with Gasteiger partial charge in [-0.3, -0.25) is 14.0 Å². The molecule has 0 saturated heterocycles. The molecule has 0 aliphatic carbocycles. The summed E-state index contributed by atoms with van der Waals surface area (Å²) in [5.41, 5.74) is 1.10. The smallest absolute Gasteiger partial charge is 0.270 e. The minimum absolute atomic E-state index is 0.0484. The van der Waals surface area contributed by atoms with E-state index in [2.05, 4.69) is 9.97 Å². The average Bonchev–Trinajstić information content (AvgIpc) is 3.04. The molecule has 0 spiro atoms. The molecule has 0 N–H and O–H groups in total. The highest BCUT2D eigenvalue weighted by Gasteiger charge is 2.18. The number of aromatic nitrogens is 3. The fraction of sp³-hybridized carbons (Fsp3) is 0.111. The van der Waals surface area contributed by atoms with E-state index >= 15 is 0 Å². The second kappa shape index (κ2) is 6.10. The third-order valence-electron chi connectivity index (χ3n) is 3.90. The lowest BCUT2D eigenvalue weighted by atomic mass is 10.3. The lowest BCUT2D eigenvalue weighted by Gasteiger charge is -2.15. The lowest BCUT2D eigenvalue weighted by molar-refractivity contribution is 0.0782. The van der Waals surface area contributed by atoms with Crippen LogP contribution >= 0.6 is 11.3 Å². The third kappa shape index (κ3) is 2.78. The van der Waals surface area contributed by atoms with Crippen molar-refractivity contribution in [1.29, 1.82) is 0 Å². The Morgan fingerprint density at radius 2 is 2.00 bits per heavy atom. The third-order valence-corrected chi connectivity index (χ3v) is 4.92. The largest absolute Gasteiger partial charge is 0.335 e. The number of hydrogen-bond acceptors (Lipinski definition) is 5. The van der Waals surface area contributed by atoms with Crippen LogP contribution in [0.1, 0.15) is 15.4 Å². The Kier molecular flexibility index (Phi) is 3.77. The Bertz CT molecular complexity index is 1120. The number of para-hydroxylation sites is 1. The van der Waals surface area contributed by atoms with E-state index in [0.717, 1.165) is 15.2 Å². The fourth-order valence-electron chi connectivity index (χ4n) is 2.64. The number of rotatable bonds is 3. The van der Waals surface area contributed by atoms with Gasteiger partial charge >= 0.3 is 0 Å². The molecule has 0 atom stereocenters. The van der Waals surface area contributed by atoms with E-state index in [1.807, 2.05) is 24.3 Å². The molecule has 0 radical (unpaired) electrons. The summed E-state index contributed by atoms with van der Waals surface area (Å²) in [6.07, 6.45) is 2.95. The highest BCUT2D eigenvalue weighted by Crippen LogP contribution is 2.22. The van der Waals surface area contributed by atoms with Gasteiger partial charge in [0.15, 0.2) is 0 Å². The van der Waals surface area contributed by atoms with E-state index in [9.17, 15) is 9.59 Å². The van der Waals surface area contributed by atoms with Gasteiger partial charge in [-0.2, -0.15) is 0 Å². The highest BCUT2D eigenvalue weighted by atomic mass is 32.1. The maximum Gasteiger partial charge on any atom is 0.270 e. The van der Waals surface area contributed by atoms with E-state index in [0.29, 0.717) is 12.2 Å². The molecule has 0 aliphatic rings. The van der Waals surface area contributed by atoms with E-state index < -0.39 is 0 Å². The molecule has 4 aromatic rings. The van der Waals surface area contributed by atoms with Gasteiger partial charge in [0.05, 0.1) is 16.8 Å². The predicted octanol–water partition coefficient (Wildman–Crippen LogP) is 2.58. The summed E-state index contributed by atoms with van der Waals surface area (Å²) in [4.78, 5) is 35.4. The first kappa shape index (κ1) is 15.5. The zero-order valence-corrected chi connectivity index (χ0v) is 14.2. The monoisotopic (exact) mass is 350 g/mol. The number of nitrogens with zero attached hydrogens (tertiary/aromatic N) is 4. The molecular formula is C18H14N4O2S. The van der Waals surface area contributed by atoms with Gasteiger partial charge in [-0.15, -0.1) is 11.3 Å². The molecule has 1 aromatic carbocycles. The van der Waals surface area contributed by atoms with Gasteiger partial charge in [0, 0.05) is 19.4 Å². The average molecular weight is 350 g/mol. The molecule has 6 nitrogen and oxygen atoms in total. The summed E-state index contributed by atoms with van der Waals surface area (Å²) in [6, 6.07) is 13.1. The van der Waals surface area contributed by atoms with E-state index in [4.69, 9.17) is 0 Å². The van der Waals surface area contributed by atoms with Crippen molar-refractivity contribution in [2.75, 3.05) is 7.05 Å². The van der Waals surface area contributed by atoms with E-state index in [1.165, 1.54) is 15.5 Å². The molecule has 0 saturated carbocycles. The number of fused-ring (bicyclic) bond motifs is 2. The van der Waals surface area contributed by atoms with Crippen molar-refractivity contribution in [1.82, 2.24) is 19.3 Å². The van der Waals surface area contributed by atoms with Crippen LogP contribution in [0, 0.1) is 0 Å². The normalized spacial score (nSPS) is 11.1. The number of hydrogen-bond donors (Lipinski definition) is 0. The van der Waals surface area contributed by atoms with Crippen LogP contribution in [0.25, 0.3) is 15.9 Å². The molecule has 124 valence electrons. The Morgan fingerprint density at radius 1 is 1.20 bits per heavy atom. The molecule has 4 rings (SSSR count).